The van der Waals surface area contributed by atoms with Crippen molar-refractivity contribution in [2.24, 2.45) is 0 Å². The van der Waals surface area contributed by atoms with Crippen LogP contribution in [0.4, 0.5) is 0 Å². The van der Waals surface area contributed by atoms with Crippen LogP contribution in [-0.2, 0) is 5.41 Å². The Morgan fingerprint density at radius 2 is 1.71 bits per heavy atom. The number of benzene rings is 1. The first kappa shape index (κ1) is 10.1. The number of methoxy groups -OCH3 is 1. The van der Waals surface area contributed by atoms with Crippen molar-refractivity contribution in [2.45, 2.75) is 23.1 Å². The second-order valence-electron chi connectivity index (χ2n) is 3.94. The van der Waals surface area contributed by atoms with Crippen LogP contribution < -0.4 is 4.74 Å². The lowest BCUT2D eigenvalue weighted by Crippen LogP contribution is -2.09. The van der Waals surface area contributed by atoms with Gasteiger partial charge in [-0.1, -0.05) is 19.1 Å². The van der Waals surface area contributed by atoms with Gasteiger partial charge in [0, 0.05) is 5.41 Å². The molecule has 1 aliphatic rings. The third-order valence-electron chi connectivity index (χ3n) is 2.98. The molecular formula is C11H12Cl2O. The summed E-state index contributed by atoms with van der Waals surface area (Å²) in [5.41, 5.74) is 1.07. The van der Waals surface area contributed by atoms with E-state index in [0.717, 1.165) is 12.2 Å². The van der Waals surface area contributed by atoms with E-state index in [0.29, 0.717) is 0 Å². The Balaban J connectivity index is 2.27. The van der Waals surface area contributed by atoms with Gasteiger partial charge in [0.1, 0.15) is 10.1 Å². The Hall–Kier alpha value is -0.400. The molecule has 1 fully saturated rings. The first-order chi connectivity index (χ1) is 6.49. The lowest BCUT2D eigenvalue weighted by atomic mass is 9.98. The molecule has 0 saturated heterocycles. The summed E-state index contributed by atoms with van der Waals surface area (Å²) in [6, 6.07) is 7.90. The van der Waals surface area contributed by atoms with Crippen LogP contribution in [0.25, 0.3) is 0 Å². The van der Waals surface area contributed by atoms with E-state index in [1.54, 1.807) is 7.11 Å². The molecule has 0 bridgehead atoms. The molecular weight excluding hydrogens is 219 g/mol. The summed E-state index contributed by atoms with van der Waals surface area (Å²) in [5, 5.41) is 0. The van der Waals surface area contributed by atoms with Crippen molar-refractivity contribution in [3.63, 3.8) is 0 Å². The van der Waals surface area contributed by atoms with Crippen LogP contribution in [-0.4, -0.2) is 11.4 Å². The number of alkyl halides is 2. The lowest BCUT2D eigenvalue weighted by molar-refractivity contribution is 0.414. The molecule has 1 unspecified atom stereocenters. The van der Waals surface area contributed by atoms with E-state index < -0.39 is 4.33 Å². The van der Waals surface area contributed by atoms with Gasteiger partial charge in [-0.3, -0.25) is 0 Å². The average molecular weight is 231 g/mol. The van der Waals surface area contributed by atoms with Gasteiger partial charge in [0.15, 0.2) is 0 Å². The van der Waals surface area contributed by atoms with Crippen molar-refractivity contribution in [3.05, 3.63) is 29.8 Å². The molecule has 14 heavy (non-hydrogen) atoms. The van der Waals surface area contributed by atoms with E-state index in [2.05, 4.69) is 6.92 Å². The Bertz CT molecular complexity index is 345. The molecule has 0 spiro atoms. The Morgan fingerprint density at radius 3 is 2.07 bits per heavy atom. The third kappa shape index (κ3) is 1.39. The predicted octanol–water partition coefficient (Wildman–Crippen LogP) is 3.53. The smallest absolute Gasteiger partial charge is 0.128 e. The van der Waals surface area contributed by atoms with Crippen LogP contribution in [0.5, 0.6) is 5.75 Å². The number of rotatable bonds is 2. The molecule has 0 radical (unpaired) electrons. The van der Waals surface area contributed by atoms with E-state index >= 15 is 0 Å². The Kier molecular flexibility index (Phi) is 2.20. The molecule has 0 amide bonds. The van der Waals surface area contributed by atoms with Crippen molar-refractivity contribution in [2.75, 3.05) is 7.11 Å². The minimum Gasteiger partial charge on any atom is -0.497 e. The molecule has 0 aliphatic heterocycles. The van der Waals surface area contributed by atoms with Crippen LogP contribution in [0, 0.1) is 0 Å². The van der Waals surface area contributed by atoms with Gasteiger partial charge in [0.25, 0.3) is 0 Å². The highest BCUT2D eigenvalue weighted by molar-refractivity contribution is 6.52. The monoisotopic (exact) mass is 230 g/mol. The van der Waals surface area contributed by atoms with E-state index in [9.17, 15) is 0 Å². The molecule has 3 heteroatoms. The third-order valence-corrected chi connectivity index (χ3v) is 4.09. The summed E-state index contributed by atoms with van der Waals surface area (Å²) in [5.74, 6) is 0.854. The van der Waals surface area contributed by atoms with Crippen molar-refractivity contribution in [1.29, 1.82) is 0 Å². The fourth-order valence-electron chi connectivity index (χ4n) is 1.67. The van der Waals surface area contributed by atoms with Crippen LogP contribution >= 0.6 is 23.2 Å². The zero-order chi connectivity index (χ0) is 10.4. The van der Waals surface area contributed by atoms with Crippen LogP contribution in [0.3, 0.4) is 0 Å². The Labute approximate surface area is 94.0 Å². The standard InChI is InChI=1S/C11H12Cl2O/c1-10(7-11(10,12)13)8-3-5-9(14-2)6-4-8/h3-6H,7H2,1-2H3. The van der Waals surface area contributed by atoms with Gasteiger partial charge in [0.2, 0.25) is 0 Å². The molecule has 2 rings (SSSR count). The van der Waals surface area contributed by atoms with Crippen molar-refractivity contribution in [3.8, 4) is 5.75 Å². The fourth-order valence-corrected chi connectivity index (χ4v) is 2.42. The number of ether oxygens (including phenoxy) is 1. The van der Waals surface area contributed by atoms with E-state index in [4.69, 9.17) is 27.9 Å². The maximum absolute atomic E-state index is 6.09. The number of halogens is 2. The van der Waals surface area contributed by atoms with Gasteiger partial charge in [-0.05, 0) is 24.1 Å². The van der Waals surface area contributed by atoms with Crippen LogP contribution in [0.2, 0.25) is 0 Å². The molecule has 1 aromatic carbocycles. The van der Waals surface area contributed by atoms with Crippen molar-refractivity contribution < 1.29 is 4.74 Å². The van der Waals surface area contributed by atoms with Crippen LogP contribution in [0.15, 0.2) is 24.3 Å². The quantitative estimate of drug-likeness (QED) is 0.707. The molecule has 0 heterocycles. The molecule has 1 aliphatic carbocycles. The normalized spacial score (nSPS) is 28.6. The van der Waals surface area contributed by atoms with E-state index in [1.807, 2.05) is 24.3 Å². The summed E-state index contributed by atoms with van der Waals surface area (Å²) >= 11 is 12.2. The highest BCUT2D eigenvalue weighted by atomic mass is 35.5. The van der Waals surface area contributed by atoms with Crippen LogP contribution in [0.1, 0.15) is 18.9 Å². The molecule has 1 aromatic rings. The zero-order valence-electron chi connectivity index (χ0n) is 8.18. The lowest BCUT2D eigenvalue weighted by Gasteiger charge is -2.12. The highest BCUT2D eigenvalue weighted by Crippen LogP contribution is 2.64. The van der Waals surface area contributed by atoms with E-state index in [1.165, 1.54) is 5.56 Å². The molecule has 1 saturated carbocycles. The minimum atomic E-state index is -0.596. The number of hydrogen-bond donors (Lipinski definition) is 0. The minimum absolute atomic E-state index is 0.0949. The predicted molar refractivity (Wildman–Crippen MR) is 59.4 cm³/mol. The molecule has 76 valence electrons. The van der Waals surface area contributed by atoms with Crippen molar-refractivity contribution in [1.82, 2.24) is 0 Å². The Morgan fingerprint density at radius 1 is 1.21 bits per heavy atom. The SMILES string of the molecule is COc1ccc(C2(C)CC2(Cl)Cl)cc1. The van der Waals surface area contributed by atoms with Gasteiger partial charge in [-0.2, -0.15) is 0 Å². The molecule has 1 nitrogen and oxygen atoms in total. The summed E-state index contributed by atoms with van der Waals surface area (Å²) in [7, 11) is 1.65. The summed E-state index contributed by atoms with van der Waals surface area (Å²) in [6.07, 6.45) is 0.815. The summed E-state index contributed by atoms with van der Waals surface area (Å²) in [6.45, 7) is 2.08. The van der Waals surface area contributed by atoms with Gasteiger partial charge in [-0.15, -0.1) is 23.2 Å². The van der Waals surface area contributed by atoms with Gasteiger partial charge < -0.3 is 4.74 Å². The second kappa shape index (κ2) is 3.04. The van der Waals surface area contributed by atoms with E-state index in [-0.39, 0.29) is 5.41 Å². The first-order valence-electron chi connectivity index (χ1n) is 4.52. The number of hydrogen-bond acceptors (Lipinski definition) is 1. The highest BCUT2D eigenvalue weighted by Gasteiger charge is 2.63. The maximum Gasteiger partial charge on any atom is 0.128 e. The fraction of sp³-hybridized carbons (Fsp3) is 0.455. The zero-order valence-corrected chi connectivity index (χ0v) is 9.69. The summed E-state index contributed by atoms with van der Waals surface area (Å²) < 4.78 is 4.49. The molecule has 0 aromatic heterocycles. The molecule has 0 N–H and O–H groups in total. The van der Waals surface area contributed by atoms with Gasteiger partial charge in [0.05, 0.1) is 7.11 Å². The topological polar surface area (TPSA) is 9.23 Å². The largest absolute Gasteiger partial charge is 0.497 e. The van der Waals surface area contributed by atoms with Gasteiger partial charge in [-0.25, -0.2) is 0 Å². The second-order valence-corrected chi connectivity index (χ2v) is 5.43. The summed E-state index contributed by atoms with van der Waals surface area (Å²) in [4.78, 5) is 0. The average Bonchev–Trinajstić information content (AvgIpc) is 2.68. The van der Waals surface area contributed by atoms with Crippen molar-refractivity contribution >= 4 is 23.2 Å². The first-order valence-corrected chi connectivity index (χ1v) is 5.27. The maximum atomic E-state index is 6.09. The molecule has 1 atom stereocenters. The van der Waals surface area contributed by atoms with Gasteiger partial charge >= 0.3 is 0 Å².